The highest BCUT2D eigenvalue weighted by Gasteiger charge is 2.29. The maximum absolute atomic E-state index is 12.6. The fraction of sp³-hybridized carbons (Fsp3) is 0.0667. The minimum atomic E-state index is -0.949. The highest BCUT2D eigenvalue weighted by molar-refractivity contribution is 7.71. The molecule has 2 aromatic heterocycles. The Morgan fingerprint density at radius 3 is 1.73 bits per heavy atom. The normalized spacial score (nSPS) is 11.0. The van der Waals surface area contributed by atoms with E-state index in [1.54, 1.807) is 24.3 Å². The van der Waals surface area contributed by atoms with Gasteiger partial charge in [0.1, 0.15) is 11.6 Å². The van der Waals surface area contributed by atoms with E-state index >= 15 is 0 Å². The number of anilines is 2. The van der Waals surface area contributed by atoms with Gasteiger partial charge in [-0.3, -0.25) is 19.6 Å². The Hall–Kier alpha value is -2.69. The van der Waals surface area contributed by atoms with Crippen molar-refractivity contribution in [2.45, 2.75) is 5.92 Å². The summed E-state index contributed by atoms with van der Waals surface area (Å²) in [5, 5.41) is 0.333. The van der Waals surface area contributed by atoms with Crippen molar-refractivity contribution < 1.29 is 0 Å². The van der Waals surface area contributed by atoms with Crippen LogP contribution in [0.15, 0.2) is 33.9 Å². The fourth-order valence-corrected chi connectivity index (χ4v) is 3.42. The molecule has 3 rings (SSSR count). The van der Waals surface area contributed by atoms with E-state index in [2.05, 4.69) is 19.9 Å². The van der Waals surface area contributed by atoms with Gasteiger partial charge in [-0.25, -0.2) is 0 Å². The Morgan fingerprint density at radius 2 is 1.31 bits per heavy atom. The van der Waals surface area contributed by atoms with Crippen molar-refractivity contribution in [1.29, 1.82) is 0 Å². The molecule has 0 saturated heterocycles. The Bertz CT molecular complexity index is 1150. The van der Waals surface area contributed by atoms with E-state index in [1.165, 1.54) is 0 Å². The molecule has 0 aliphatic heterocycles. The molecular weight excluding hydrogens is 396 g/mol. The molecule has 0 unspecified atom stereocenters. The number of rotatable bonds is 3. The van der Waals surface area contributed by atoms with Gasteiger partial charge < -0.3 is 21.4 Å². The van der Waals surface area contributed by atoms with Gasteiger partial charge in [0.05, 0.1) is 17.0 Å². The van der Waals surface area contributed by atoms with Crippen molar-refractivity contribution in [3.63, 3.8) is 0 Å². The lowest BCUT2D eigenvalue weighted by Crippen LogP contribution is -2.28. The number of aromatic nitrogens is 4. The molecule has 0 amide bonds. The molecule has 0 atom stereocenters. The average Bonchev–Trinajstić information content (AvgIpc) is 2.52. The van der Waals surface area contributed by atoms with Gasteiger partial charge in [-0.05, 0) is 36.1 Å². The second kappa shape index (κ2) is 6.90. The standard InChI is InChI=1S/C15H13ClN6O2S2/c16-6-4-2-1-3-5(6)7(8-10(17)19-14(25)21-12(8)23)9-11(18)20-15(26)22-13(9)24/h1-4,7H,(H4,17,19,21,23,25)(H4,18,20,22,24,26). The molecule has 134 valence electrons. The summed E-state index contributed by atoms with van der Waals surface area (Å²) in [7, 11) is 0. The summed E-state index contributed by atoms with van der Waals surface area (Å²) >= 11 is 16.2. The highest BCUT2D eigenvalue weighted by atomic mass is 35.5. The minimum absolute atomic E-state index is 0.00456. The van der Waals surface area contributed by atoms with Gasteiger partial charge in [-0.2, -0.15) is 0 Å². The molecule has 0 aliphatic rings. The van der Waals surface area contributed by atoms with Gasteiger partial charge in [0.15, 0.2) is 9.54 Å². The molecule has 0 fully saturated rings. The van der Waals surface area contributed by atoms with Crippen LogP contribution in [-0.4, -0.2) is 19.9 Å². The first-order valence-corrected chi connectivity index (χ1v) is 8.47. The second-order valence-corrected chi connectivity index (χ2v) is 6.65. The van der Waals surface area contributed by atoms with Crippen LogP contribution in [0.1, 0.15) is 22.6 Å². The number of halogens is 1. The summed E-state index contributed by atoms with van der Waals surface area (Å²) in [4.78, 5) is 35.5. The molecule has 26 heavy (non-hydrogen) atoms. The molecule has 0 bridgehead atoms. The lowest BCUT2D eigenvalue weighted by molar-refractivity contribution is 0.884. The van der Waals surface area contributed by atoms with Gasteiger partial charge >= 0.3 is 0 Å². The maximum atomic E-state index is 12.6. The SMILES string of the molecule is Nc1[nH]c(=S)[nH]c(=O)c1C(c1ccccc1Cl)c1c(N)[nH]c(=S)[nH]c1=O. The summed E-state index contributed by atoms with van der Waals surface area (Å²) < 4.78 is 0.118. The molecule has 1 aromatic carbocycles. The quantitative estimate of drug-likeness (QED) is 0.366. The van der Waals surface area contributed by atoms with Gasteiger partial charge in [0.2, 0.25) is 0 Å². The first-order valence-electron chi connectivity index (χ1n) is 7.28. The zero-order chi connectivity index (χ0) is 19.0. The van der Waals surface area contributed by atoms with Crippen LogP contribution >= 0.6 is 36.0 Å². The molecule has 0 spiro atoms. The molecule has 0 aliphatic carbocycles. The number of benzene rings is 1. The fourth-order valence-electron chi connectivity index (χ4n) is 2.77. The Balaban J connectivity index is 2.47. The third-order valence-electron chi connectivity index (χ3n) is 3.81. The monoisotopic (exact) mass is 408 g/mol. The summed E-state index contributed by atoms with van der Waals surface area (Å²) in [6, 6.07) is 6.75. The van der Waals surface area contributed by atoms with E-state index in [0.29, 0.717) is 10.6 Å². The molecule has 11 heteroatoms. The predicted octanol–water partition coefficient (Wildman–Crippen LogP) is 2.18. The molecule has 8 nitrogen and oxygen atoms in total. The largest absolute Gasteiger partial charge is 0.385 e. The van der Waals surface area contributed by atoms with Crippen LogP contribution in [0.2, 0.25) is 5.02 Å². The predicted molar refractivity (Wildman–Crippen MR) is 106 cm³/mol. The number of nitrogen functional groups attached to an aromatic ring is 2. The van der Waals surface area contributed by atoms with Crippen LogP contribution < -0.4 is 22.6 Å². The Labute approximate surface area is 161 Å². The van der Waals surface area contributed by atoms with Gasteiger partial charge in [-0.1, -0.05) is 29.8 Å². The molecular formula is C15H13ClN6O2S2. The van der Waals surface area contributed by atoms with Gasteiger partial charge in [0, 0.05) is 5.02 Å². The lowest BCUT2D eigenvalue weighted by atomic mass is 9.86. The lowest BCUT2D eigenvalue weighted by Gasteiger charge is -2.20. The summed E-state index contributed by atoms with van der Waals surface area (Å²) in [6.07, 6.45) is 0. The maximum Gasteiger partial charge on any atom is 0.257 e. The zero-order valence-corrected chi connectivity index (χ0v) is 15.4. The second-order valence-electron chi connectivity index (χ2n) is 5.43. The van der Waals surface area contributed by atoms with Crippen molar-refractivity contribution in [3.05, 3.63) is 76.2 Å². The zero-order valence-electron chi connectivity index (χ0n) is 13.1. The van der Waals surface area contributed by atoms with Gasteiger partial charge in [-0.15, -0.1) is 0 Å². The van der Waals surface area contributed by atoms with Crippen molar-refractivity contribution in [3.8, 4) is 0 Å². The molecule has 0 radical (unpaired) electrons. The number of H-pyrrole nitrogens is 4. The van der Waals surface area contributed by atoms with Crippen LogP contribution in [0.4, 0.5) is 11.6 Å². The Morgan fingerprint density at radius 1 is 0.846 bits per heavy atom. The summed E-state index contributed by atoms with van der Waals surface area (Å²) in [5.41, 5.74) is 11.5. The van der Waals surface area contributed by atoms with Crippen LogP contribution in [0.3, 0.4) is 0 Å². The number of hydrogen-bond acceptors (Lipinski definition) is 6. The number of hydrogen-bond donors (Lipinski definition) is 6. The first-order chi connectivity index (χ1) is 12.3. The van der Waals surface area contributed by atoms with Crippen LogP contribution in [0, 0.1) is 9.54 Å². The highest BCUT2D eigenvalue weighted by Crippen LogP contribution is 2.36. The third-order valence-corrected chi connectivity index (χ3v) is 4.57. The minimum Gasteiger partial charge on any atom is -0.385 e. The number of nitrogens with one attached hydrogen (secondary N) is 4. The van der Waals surface area contributed by atoms with Gasteiger partial charge in [0.25, 0.3) is 11.1 Å². The smallest absolute Gasteiger partial charge is 0.257 e. The first kappa shape index (κ1) is 18.1. The molecule has 0 saturated carbocycles. The van der Waals surface area contributed by atoms with E-state index in [4.69, 9.17) is 47.5 Å². The topological polar surface area (TPSA) is 149 Å². The van der Waals surface area contributed by atoms with Crippen molar-refractivity contribution in [1.82, 2.24) is 19.9 Å². The van der Waals surface area contributed by atoms with Crippen molar-refractivity contribution in [2.75, 3.05) is 11.5 Å². The van der Waals surface area contributed by atoms with E-state index in [0.717, 1.165) is 0 Å². The Kier molecular flexibility index (Phi) is 4.81. The summed E-state index contributed by atoms with van der Waals surface area (Å²) in [6.45, 7) is 0. The van der Waals surface area contributed by atoms with E-state index in [-0.39, 0.29) is 32.3 Å². The van der Waals surface area contributed by atoms with E-state index in [1.807, 2.05) is 0 Å². The third kappa shape index (κ3) is 3.21. The van der Waals surface area contributed by atoms with Crippen LogP contribution in [-0.2, 0) is 0 Å². The van der Waals surface area contributed by atoms with Crippen LogP contribution in [0.25, 0.3) is 0 Å². The number of aromatic amines is 4. The van der Waals surface area contributed by atoms with Crippen LogP contribution in [0.5, 0.6) is 0 Å². The van der Waals surface area contributed by atoms with Crippen molar-refractivity contribution in [2.24, 2.45) is 0 Å². The van der Waals surface area contributed by atoms with Crippen molar-refractivity contribution >= 4 is 47.7 Å². The molecule has 2 heterocycles. The average molecular weight is 409 g/mol. The molecule has 3 aromatic rings. The van der Waals surface area contributed by atoms with E-state index < -0.39 is 17.0 Å². The summed E-state index contributed by atoms with van der Waals surface area (Å²) in [5.74, 6) is -0.940. The number of nitrogens with two attached hydrogens (primary N) is 2. The van der Waals surface area contributed by atoms with E-state index in [9.17, 15) is 9.59 Å². The molecule has 8 N–H and O–H groups in total.